The van der Waals surface area contributed by atoms with Crippen molar-refractivity contribution in [3.05, 3.63) is 17.0 Å². The monoisotopic (exact) mass is 358 g/mol. The van der Waals surface area contributed by atoms with Crippen LogP contribution in [-0.4, -0.2) is 63.6 Å². The smallest absolute Gasteiger partial charge is 0.379 e. The van der Waals surface area contributed by atoms with Gasteiger partial charge in [0, 0.05) is 31.2 Å². The maximum Gasteiger partial charge on any atom is 0.453 e. The second-order valence-electron chi connectivity index (χ2n) is 6.23. The van der Waals surface area contributed by atoms with Crippen molar-refractivity contribution in [3.63, 3.8) is 0 Å². The Balaban J connectivity index is 1.84. The number of alkyl halides is 3. The summed E-state index contributed by atoms with van der Waals surface area (Å²) in [5, 5.41) is 14.2. The second kappa shape index (κ2) is 6.75. The Bertz CT molecular complexity index is 754. The van der Waals surface area contributed by atoms with E-state index in [0.717, 1.165) is 23.2 Å². The third-order valence-corrected chi connectivity index (χ3v) is 4.58. The van der Waals surface area contributed by atoms with Gasteiger partial charge in [-0.15, -0.1) is 15.3 Å². The molecule has 1 aliphatic heterocycles. The topological polar surface area (TPSA) is 67.6 Å². The summed E-state index contributed by atoms with van der Waals surface area (Å²) in [4.78, 5) is 2.27. The highest BCUT2D eigenvalue weighted by Crippen LogP contribution is 2.29. The molecular formula is C15H21F3N6O. The van der Waals surface area contributed by atoms with E-state index in [0.29, 0.717) is 31.1 Å². The molecule has 1 unspecified atom stereocenters. The summed E-state index contributed by atoms with van der Waals surface area (Å²) in [7, 11) is 0. The van der Waals surface area contributed by atoms with Crippen LogP contribution in [0.25, 0.3) is 5.65 Å². The third kappa shape index (κ3) is 3.54. The number of aromatic nitrogens is 4. The Hall–Kier alpha value is -1.94. The quantitative estimate of drug-likeness (QED) is 0.900. The Kier molecular flexibility index (Phi) is 4.83. The van der Waals surface area contributed by atoms with E-state index in [9.17, 15) is 13.2 Å². The van der Waals surface area contributed by atoms with E-state index in [1.54, 1.807) is 6.92 Å². The Morgan fingerprint density at radius 3 is 2.48 bits per heavy atom. The first-order valence-corrected chi connectivity index (χ1v) is 8.14. The number of morpholine rings is 1. The summed E-state index contributed by atoms with van der Waals surface area (Å²) in [6.45, 7) is 9.25. The molecule has 0 aromatic carbocycles. The summed E-state index contributed by atoms with van der Waals surface area (Å²) < 4.78 is 45.3. The van der Waals surface area contributed by atoms with Gasteiger partial charge in [0.1, 0.15) is 5.82 Å². The van der Waals surface area contributed by atoms with Crippen LogP contribution >= 0.6 is 0 Å². The van der Waals surface area contributed by atoms with E-state index in [2.05, 4.69) is 32.4 Å². The van der Waals surface area contributed by atoms with Gasteiger partial charge in [-0.1, -0.05) is 0 Å². The molecule has 0 saturated carbocycles. The fraction of sp³-hybridized carbons (Fsp3) is 0.667. The van der Waals surface area contributed by atoms with E-state index < -0.39 is 12.0 Å². The van der Waals surface area contributed by atoms with Crippen molar-refractivity contribution in [2.24, 2.45) is 0 Å². The highest BCUT2D eigenvalue weighted by molar-refractivity contribution is 5.58. The molecule has 2 aromatic rings. The van der Waals surface area contributed by atoms with Gasteiger partial charge in [0.05, 0.1) is 13.2 Å². The molecule has 1 N–H and O–H groups in total. The molecule has 1 saturated heterocycles. The van der Waals surface area contributed by atoms with Gasteiger partial charge < -0.3 is 10.1 Å². The maximum absolute atomic E-state index is 13.1. The molecule has 1 fully saturated rings. The second-order valence-corrected chi connectivity index (χ2v) is 6.23. The number of fused-ring (bicyclic) bond motifs is 1. The summed E-state index contributed by atoms with van der Waals surface area (Å²) in [5.41, 5.74) is 1.51. The highest BCUT2D eigenvalue weighted by Gasteiger charge is 2.38. The fourth-order valence-corrected chi connectivity index (χ4v) is 2.87. The zero-order valence-electron chi connectivity index (χ0n) is 14.4. The van der Waals surface area contributed by atoms with Crippen molar-refractivity contribution in [2.45, 2.75) is 33.0 Å². The Morgan fingerprint density at radius 2 is 1.84 bits per heavy atom. The van der Waals surface area contributed by atoms with E-state index in [-0.39, 0.29) is 11.7 Å². The lowest BCUT2D eigenvalue weighted by Gasteiger charge is -2.32. The predicted molar refractivity (Wildman–Crippen MR) is 85.6 cm³/mol. The first-order valence-electron chi connectivity index (χ1n) is 8.14. The lowest BCUT2D eigenvalue weighted by atomic mass is 10.2. The van der Waals surface area contributed by atoms with Crippen LogP contribution in [0.15, 0.2) is 0 Å². The minimum Gasteiger partial charge on any atom is -0.379 e. The van der Waals surface area contributed by atoms with E-state index in [1.807, 2.05) is 6.92 Å². The van der Waals surface area contributed by atoms with Crippen molar-refractivity contribution in [3.8, 4) is 0 Å². The van der Waals surface area contributed by atoms with Gasteiger partial charge in [0.15, 0.2) is 5.65 Å². The first-order chi connectivity index (χ1) is 11.8. The van der Waals surface area contributed by atoms with Gasteiger partial charge in [0.2, 0.25) is 0 Å². The van der Waals surface area contributed by atoms with Gasteiger partial charge in [-0.3, -0.25) is 4.90 Å². The standard InChI is InChI=1S/C15H21F3N6O/c1-9(23-4-6-25-7-5-23)8-19-12-10(2)11(3)13-20-21-14(15(16,17)18)24(13)22-12/h9H,4-8H2,1-3H3,(H,19,22). The van der Waals surface area contributed by atoms with Crippen molar-refractivity contribution < 1.29 is 17.9 Å². The normalized spacial score (nSPS) is 17.8. The van der Waals surface area contributed by atoms with Crippen LogP contribution in [0, 0.1) is 13.8 Å². The molecule has 0 radical (unpaired) electrons. The van der Waals surface area contributed by atoms with Gasteiger partial charge in [0.25, 0.3) is 5.82 Å². The predicted octanol–water partition coefficient (Wildman–Crippen LogP) is 1.89. The van der Waals surface area contributed by atoms with E-state index in [1.165, 1.54) is 0 Å². The van der Waals surface area contributed by atoms with Gasteiger partial charge >= 0.3 is 6.18 Å². The molecule has 25 heavy (non-hydrogen) atoms. The summed E-state index contributed by atoms with van der Waals surface area (Å²) in [6.07, 6.45) is -4.60. The molecule has 10 heteroatoms. The first kappa shape index (κ1) is 17.9. The minimum absolute atomic E-state index is 0.122. The SMILES string of the molecule is Cc1c(NCC(C)N2CCOCC2)nn2c(C(F)(F)F)nnc2c1C. The maximum atomic E-state index is 13.1. The Morgan fingerprint density at radius 1 is 1.16 bits per heavy atom. The van der Waals surface area contributed by atoms with Crippen molar-refractivity contribution >= 4 is 11.5 Å². The summed E-state index contributed by atoms with van der Waals surface area (Å²) in [5.74, 6) is -0.703. The average molecular weight is 358 g/mol. The van der Waals surface area contributed by atoms with Crippen LogP contribution in [0.3, 0.4) is 0 Å². The molecule has 3 heterocycles. The summed E-state index contributed by atoms with van der Waals surface area (Å²) >= 11 is 0. The molecule has 1 atom stereocenters. The van der Waals surface area contributed by atoms with Crippen molar-refractivity contribution in [2.75, 3.05) is 38.2 Å². The lowest BCUT2D eigenvalue weighted by Crippen LogP contribution is -2.45. The molecule has 2 aromatic heterocycles. The van der Waals surface area contributed by atoms with Crippen molar-refractivity contribution in [1.82, 2.24) is 24.7 Å². The third-order valence-electron chi connectivity index (χ3n) is 4.58. The lowest BCUT2D eigenvalue weighted by molar-refractivity contribution is -0.146. The van der Waals surface area contributed by atoms with Gasteiger partial charge in [-0.2, -0.15) is 17.7 Å². The number of nitrogens with zero attached hydrogens (tertiary/aromatic N) is 5. The molecule has 0 bridgehead atoms. The molecule has 3 rings (SSSR count). The molecule has 7 nitrogen and oxygen atoms in total. The van der Waals surface area contributed by atoms with Crippen LogP contribution in [0.5, 0.6) is 0 Å². The number of ether oxygens (including phenoxy) is 1. The van der Waals surface area contributed by atoms with Crippen molar-refractivity contribution in [1.29, 1.82) is 0 Å². The van der Waals surface area contributed by atoms with Gasteiger partial charge in [-0.05, 0) is 26.3 Å². The zero-order valence-corrected chi connectivity index (χ0v) is 14.4. The number of halogens is 3. The van der Waals surface area contributed by atoms with Crippen LogP contribution < -0.4 is 5.32 Å². The van der Waals surface area contributed by atoms with E-state index >= 15 is 0 Å². The summed E-state index contributed by atoms with van der Waals surface area (Å²) in [6, 6.07) is 0.212. The number of aryl methyl sites for hydroxylation is 1. The van der Waals surface area contributed by atoms with Crippen LogP contribution in [0.1, 0.15) is 23.9 Å². The average Bonchev–Trinajstić information content (AvgIpc) is 3.01. The molecular weight excluding hydrogens is 337 g/mol. The molecule has 1 aliphatic rings. The van der Waals surface area contributed by atoms with E-state index in [4.69, 9.17) is 4.74 Å². The van der Waals surface area contributed by atoms with Crippen LogP contribution in [0.2, 0.25) is 0 Å². The van der Waals surface area contributed by atoms with Crippen LogP contribution in [-0.2, 0) is 10.9 Å². The number of hydrogen-bond acceptors (Lipinski definition) is 6. The Labute approximate surface area is 143 Å². The largest absolute Gasteiger partial charge is 0.453 e. The number of nitrogens with one attached hydrogen (secondary N) is 1. The molecule has 0 amide bonds. The zero-order chi connectivity index (χ0) is 18.2. The van der Waals surface area contributed by atoms with Crippen LogP contribution in [0.4, 0.5) is 19.0 Å². The minimum atomic E-state index is -4.60. The highest BCUT2D eigenvalue weighted by atomic mass is 19.4. The van der Waals surface area contributed by atoms with Gasteiger partial charge in [-0.25, -0.2) is 0 Å². The number of hydrogen-bond donors (Lipinski definition) is 1. The molecule has 0 spiro atoms. The molecule has 0 aliphatic carbocycles. The number of rotatable bonds is 4. The number of anilines is 1. The molecule has 138 valence electrons. The fourth-order valence-electron chi connectivity index (χ4n) is 2.87.